The van der Waals surface area contributed by atoms with E-state index in [1.54, 1.807) is 18.9 Å². The zero-order valence-electron chi connectivity index (χ0n) is 23.2. The molecule has 0 fully saturated rings. The lowest BCUT2D eigenvalue weighted by Gasteiger charge is -2.14. The molecule has 6 rings (SSSR count). The molecule has 0 aliphatic heterocycles. The van der Waals surface area contributed by atoms with Crippen LogP contribution >= 0.6 is 11.8 Å². The van der Waals surface area contributed by atoms with Gasteiger partial charge in [-0.2, -0.15) is 0 Å². The van der Waals surface area contributed by atoms with Gasteiger partial charge in [-0.25, -0.2) is 0 Å². The zero-order valence-corrected chi connectivity index (χ0v) is 24.8. The summed E-state index contributed by atoms with van der Waals surface area (Å²) in [6.07, 6.45) is 0. The van der Waals surface area contributed by atoms with Crippen LogP contribution in [-0.4, -0.2) is 7.11 Å². The Hall–Kier alpha value is -4.18. The smallest absolute Gasteiger partial charge is 0.170 e. The van der Waals surface area contributed by atoms with E-state index in [1.165, 1.54) is 47.4 Å². The molecule has 6 aromatic rings. The average Bonchev–Trinajstić information content (AvgIpc) is 3.04. The van der Waals surface area contributed by atoms with Crippen LogP contribution in [0, 0.1) is 6.92 Å². The molecule has 0 aliphatic rings. The molecule has 0 heterocycles. The van der Waals surface area contributed by atoms with Crippen LogP contribution in [0.1, 0.15) is 5.56 Å². The third-order valence-electron chi connectivity index (χ3n) is 7.07. The Morgan fingerprint density at radius 1 is 0.512 bits per heavy atom. The Morgan fingerprint density at radius 3 is 1.61 bits per heavy atom. The zero-order chi connectivity index (χ0) is 28.0. The first-order valence-electron chi connectivity index (χ1n) is 13.7. The molecule has 0 aromatic heterocycles. The lowest BCUT2D eigenvalue weighted by atomic mass is 10.1. The van der Waals surface area contributed by atoms with Gasteiger partial charge < -0.3 is 4.74 Å². The maximum atomic E-state index is 5.96. The minimum absolute atomic E-state index is 0.271. The standard InChI is InChI=1S/C38H31OS2/c1-28-11-9-10-16-38(28)41(34-23-19-32(20-24-34)30-14-7-4-8-15-30)35-25-26-37(36(27-35)39-2)40-33-21-17-31(18-22-33)29-12-5-3-6-13-29/h3-27H,1-2H3/q+1. The summed E-state index contributed by atoms with van der Waals surface area (Å²) < 4.78 is 5.96. The van der Waals surface area contributed by atoms with Gasteiger partial charge >= 0.3 is 0 Å². The molecule has 6 aromatic carbocycles. The maximum absolute atomic E-state index is 5.96. The first-order valence-corrected chi connectivity index (χ1v) is 15.7. The second-order valence-corrected chi connectivity index (χ2v) is 12.9. The number of ether oxygens (including phenoxy) is 1. The van der Waals surface area contributed by atoms with Gasteiger partial charge in [-0.3, -0.25) is 0 Å². The Balaban J connectivity index is 1.33. The van der Waals surface area contributed by atoms with E-state index in [-0.39, 0.29) is 10.9 Å². The Bertz CT molecular complexity index is 1730. The van der Waals surface area contributed by atoms with Crippen LogP contribution in [0.4, 0.5) is 0 Å². The molecule has 0 aliphatic carbocycles. The molecule has 1 atom stereocenters. The van der Waals surface area contributed by atoms with Crippen molar-refractivity contribution in [2.45, 2.75) is 31.4 Å². The van der Waals surface area contributed by atoms with Crippen LogP contribution < -0.4 is 4.74 Å². The summed E-state index contributed by atoms with van der Waals surface area (Å²) in [7, 11) is 1.50. The molecule has 41 heavy (non-hydrogen) atoms. The van der Waals surface area contributed by atoms with E-state index in [9.17, 15) is 0 Å². The Kier molecular flexibility index (Phi) is 8.27. The molecule has 1 nitrogen and oxygen atoms in total. The van der Waals surface area contributed by atoms with Crippen molar-refractivity contribution in [2.75, 3.05) is 7.11 Å². The number of rotatable bonds is 8. The van der Waals surface area contributed by atoms with Crippen molar-refractivity contribution in [2.24, 2.45) is 0 Å². The van der Waals surface area contributed by atoms with Crippen LogP contribution in [0.25, 0.3) is 22.3 Å². The molecule has 200 valence electrons. The van der Waals surface area contributed by atoms with Gasteiger partial charge in [0, 0.05) is 16.5 Å². The second kappa shape index (κ2) is 12.6. The lowest BCUT2D eigenvalue weighted by molar-refractivity contribution is 0.403. The van der Waals surface area contributed by atoms with Gasteiger partial charge in [-0.05, 0) is 83.8 Å². The van der Waals surface area contributed by atoms with Gasteiger partial charge in [-0.15, -0.1) is 0 Å². The highest BCUT2D eigenvalue weighted by molar-refractivity contribution is 7.99. The number of hydrogen-bond donors (Lipinski definition) is 0. The molecule has 0 spiro atoms. The van der Waals surface area contributed by atoms with Crippen LogP contribution in [0.2, 0.25) is 0 Å². The van der Waals surface area contributed by atoms with Crippen molar-refractivity contribution in [1.29, 1.82) is 0 Å². The summed E-state index contributed by atoms with van der Waals surface area (Å²) in [5.41, 5.74) is 6.20. The fraction of sp³-hybridized carbons (Fsp3) is 0.0526. The minimum atomic E-state index is -0.271. The normalized spacial score (nSPS) is 11.7. The van der Waals surface area contributed by atoms with Crippen molar-refractivity contribution in [3.63, 3.8) is 0 Å². The van der Waals surface area contributed by atoms with Crippen molar-refractivity contribution in [3.05, 3.63) is 157 Å². The molecule has 0 amide bonds. The van der Waals surface area contributed by atoms with Gasteiger partial charge in [0.25, 0.3) is 0 Å². The summed E-state index contributed by atoms with van der Waals surface area (Å²) in [6.45, 7) is 2.20. The molecule has 0 saturated carbocycles. The lowest BCUT2D eigenvalue weighted by Crippen LogP contribution is -2.07. The van der Waals surface area contributed by atoms with E-state index in [1.807, 2.05) is 6.07 Å². The van der Waals surface area contributed by atoms with Crippen molar-refractivity contribution >= 4 is 22.7 Å². The van der Waals surface area contributed by atoms with Gasteiger partial charge in [0.05, 0.1) is 22.9 Å². The summed E-state index contributed by atoms with van der Waals surface area (Å²) in [4.78, 5) is 6.16. The Morgan fingerprint density at radius 2 is 1.02 bits per heavy atom. The molecule has 0 N–H and O–H groups in total. The predicted octanol–water partition coefficient (Wildman–Crippen LogP) is 10.6. The van der Waals surface area contributed by atoms with E-state index in [2.05, 4.69) is 153 Å². The summed E-state index contributed by atoms with van der Waals surface area (Å²) >= 11 is 1.74. The quantitative estimate of drug-likeness (QED) is 0.169. The number of benzene rings is 6. The highest BCUT2D eigenvalue weighted by Gasteiger charge is 2.31. The predicted molar refractivity (Wildman–Crippen MR) is 174 cm³/mol. The van der Waals surface area contributed by atoms with Crippen LogP contribution in [0.15, 0.2) is 176 Å². The summed E-state index contributed by atoms with van der Waals surface area (Å²) in [6, 6.07) is 54.2. The second-order valence-electron chi connectivity index (χ2n) is 9.77. The first-order chi connectivity index (χ1) is 20.2. The molecule has 0 radical (unpaired) electrons. The topological polar surface area (TPSA) is 9.23 Å². The molecule has 1 unspecified atom stereocenters. The molecule has 0 saturated heterocycles. The third kappa shape index (κ3) is 6.12. The SMILES string of the molecule is COc1cc([S+](c2ccc(-c3ccccc3)cc2)c2ccccc2C)ccc1Sc1ccc(-c2ccccc2)cc1. The van der Waals surface area contributed by atoms with Crippen LogP contribution in [0.5, 0.6) is 5.75 Å². The Labute approximate surface area is 250 Å². The number of methoxy groups -OCH3 is 1. The highest BCUT2D eigenvalue weighted by Crippen LogP contribution is 2.41. The van der Waals surface area contributed by atoms with E-state index in [0.717, 1.165) is 10.6 Å². The first kappa shape index (κ1) is 27.0. The number of aryl methyl sites for hydroxylation is 1. The largest absolute Gasteiger partial charge is 0.495 e. The van der Waals surface area contributed by atoms with Gasteiger partial charge in [0.15, 0.2) is 14.7 Å². The molecular weight excluding hydrogens is 537 g/mol. The maximum Gasteiger partial charge on any atom is 0.170 e. The molecule has 0 bridgehead atoms. The summed E-state index contributed by atoms with van der Waals surface area (Å²) in [5, 5.41) is 0. The van der Waals surface area contributed by atoms with E-state index >= 15 is 0 Å². The van der Waals surface area contributed by atoms with E-state index < -0.39 is 0 Å². The summed E-state index contributed by atoms with van der Waals surface area (Å²) in [5.74, 6) is 0.895. The van der Waals surface area contributed by atoms with E-state index in [0.29, 0.717) is 0 Å². The van der Waals surface area contributed by atoms with E-state index in [4.69, 9.17) is 4.74 Å². The highest BCUT2D eigenvalue weighted by atomic mass is 32.2. The van der Waals surface area contributed by atoms with Crippen LogP contribution in [0.3, 0.4) is 0 Å². The van der Waals surface area contributed by atoms with Gasteiger partial charge in [0.1, 0.15) is 5.75 Å². The fourth-order valence-electron chi connectivity index (χ4n) is 4.92. The van der Waals surface area contributed by atoms with Crippen molar-refractivity contribution in [1.82, 2.24) is 0 Å². The van der Waals surface area contributed by atoms with Gasteiger partial charge in [-0.1, -0.05) is 103 Å². The molecule has 3 heteroatoms. The van der Waals surface area contributed by atoms with Crippen LogP contribution in [-0.2, 0) is 10.9 Å². The molecular formula is C38H31OS2+. The monoisotopic (exact) mass is 567 g/mol. The van der Waals surface area contributed by atoms with Gasteiger partial charge in [0.2, 0.25) is 0 Å². The minimum Gasteiger partial charge on any atom is -0.495 e. The fourth-order valence-corrected chi connectivity index (χ4v) is 8.05. The third-order valence-corrected chi connectivity index (χ3v) is 10.5. The van der Waals surface area contributed by atoms with Crippen molar-refractivity contribution in [3.8, 4) is 28.0 Å². The van der Waals surface area contributed by atoms with Crippen molar-refractivity contribution < 1.29 is 4.74 Å². The average molecular weight is 568 g/mol. The number of hydrogen-bond acceptors (Lipinski definition) is 2.